The van der Waals surface area contributed by atoms with Gasteiger partial charge in [-0.2, -0.15) is 0 Å². The fourth-order valence-electron chi connectivity index (χ4n) is 3.61. The standard InChI is InChI=1S/C22H29ClN4O2S/c1-3-14-27-21(16(2)29-19-13-9-8-12-18(19)23)25-26-22(27)30-15-20(28)24-17-10-6-4-5-7-11-17/h3,8-9,12-13,16-17H,1,4-7,10-11,14-15H2,2H3,(H,24,28)/t16-/m1/s1. The van der Waals surface area contributed by atoms with Crippen molar-refractivity contribution in [2.24, 2.45) is 0 Å². The lowest BCUT2D eigenvalue weighted by Crippen LogP contribution is -2.35. The first kappa shape index (κ1) is 22.7. The van der Waals surface area contributed by atoms with Crippen molar-refractivity contribution in [3.05, 3.63) is 47.8 Å². The van der Waals surface area contributed by atoms with Gasteiger partial charge in [-0.05, 0) is 31.9 Å². The topological polar surface area (TPSA) is 69.0 Å². The molecule has 2 aromatic rings. The van der Waals surface area contributed by atoms with Crippen molar-refractivity contribution in [2.75, 3.05) is 5.75 Å². The van der Waals surface area contributed by atoms with Crippen molar-refractivity contribution in [3.63, 3.8) is 0 Å². The average Bonchev–Trinajstić information content (AvgIpc) is 2.95. The van der Waals surface area contributed by atoms with Gasteiger partial charge in [0.15, 0.2) is 17.1 Å². The van der Waals surface area contributed by atoms with Crippen LogP contribution in [0.2, 0.25) is 5.02 Å². The molecular weight excluding hydrogens is 420 g/mol. The Balaban J connectivity index is 1.62. The summed E-state index contributed by atoms with van der Waals surface area (Å²) in [6.45, 7) is 6.27. The van der Waals surface area contributed by atoms with Crippen LogP contribution in [-0.2, 0) is 11.3 Å². The summed E-state index contributed by atoms with van der Waals surface area (Å²) in [6.07, 6.45) is 8.49. The van der Waals surface area contributed by atoms with Crippen molar-refractivity contribution >= 4 is 29.3 Å². The van der Waals surface area contributed by atoms with Crippen molar-refractivity contribution in [2.45, 2.75) is 69.3 Å². The third kappa shape index (κ3) is 6.25. The van der Waals surface area contributed by atoms with Gasteiger partial charge >= 0.3 is 0 Å². The number of hydrogen-bond donors (Lipinski definition) is 1. The molecule has 1 N–H and O–H groups in total. The van der Waals surface area contributed by atoms with Gasteiger partial charge in [-0.1, -0.05) is 67.3 Å². The van der Waals surface area contributed by atoms with Crippen molar-refractivity contribution in [3.8, 4) is 5.75 Å². The van der Waals surface area contributed by atoms with E-state index in [0.717, 1.165) is 12.8 Å². The minimum Gasteiger partial charge on any atom is -0.481 e. The van der Waals surface area contributed by atoms with Gasteiger partial charge in [0.1, 0.15) is 5.75 Å². The summed E-state index contributed by atoms with van der Waals surface area (Å²) in [7, 11) is 0. The summed E-state index contributed by atoms with van der Waals surface area (Å²) in [6, 6.07) is 7.63. The van der Waals surface area contributed by atoms with Crippen LogP contribution < -0.4 is 10.1 Å². The molecule has 1 aliphatic carbocycles. The van der Waals surface area contributed by atoms with Crippen LogP contribution in [0, 0.1) is 0 Å². The second-order valence-corrected chi connectivity index (χ2v) is 8.82. The Morgan fingerprint density at radius 1 is 1.33 bits per heavy atom. The summed E-state index contributed by atoms with van der Waals surface area (Å²) in [4.78, 5) is 12.4. The number of para-hydroxylation sites is 1. The minimum absolute atomic E-state index is 0.0435. The number of benzene rings is 1. The molecule has 0 aliphatic heterocycles. The highest BCUT2D eigenvalue weighted by Gasteiger charge is 2.21. The van der Waals surface area contributed by atoms with Crippen LogP contribution in [0.5, 0.6) is 5.75 Å². The highest BCUT2D eigenvalue weighted by molar-refractivity contribution is 7.99. The zero-order valence-electron chi connectivity index (χ0n) is 17.3. The van der Waals surface area contributed by atoms with E-state index in [4.69, 9.17) is 16.3 Å². The third-order valence-electron chi connectivity index (χ3n) is 5.11. The maximum absolute atomic E-state index is 12.4. The van der Waals surface area contributed by atoms with Crippen molar-refractivity contribution < 1.29 is 9.53 Å². The van der Waals surface area contributed by atoms with Gasteiger partial charge in [0.25, 0.3) is 0 Å². The normalized spacial score (nSPS) is 15.9. The van der Waals surface area contributed by atoms with Crippen LogP contribution in [0.1, 0.15) is 57.4 Å². The van der Waals surface area contributed by atoms with E-state index in [0.29, 0.717) is 40.1 Å². The molecule has 0 saturated heterocycles. The number of nitrogens with zero attached hydrogens (tertiary/aromatic N) is 3. The van der Waals surface area contributed by atoms with Crippen molar-refractivity contribution in [1.82, 2.24) is 20.1 Å². The molecule has 0 bridgehead atoms. The molecule has 1 atom stereocenters. The Bertz CT molecular complexity index is 849. The van der Waals surface area contributed by atoms with Gasteiger partial charge in [0.05, 0.1) is 10.8 Å². The first-order chi connectivity index (χ1) is 14.6. The van der Waals surface area contributed by atoms with E-state index in [1.165, 1.54) is 37.4 Å². The number of allylic oxidation sites excluding steroid dienone is 1. The van der Waals surface area contributed by atoms with Crippen LogP contribution in [0.15, 0.2) is 42.1 Å². The number of rotatable bonds is 9. The summed E-state index contributed by atoms with van der Waals surface area (Å²) in [5, 5.41) is 13.0. The quantitative estimate of drug-likeness (QED) is 0.325. The summed E-state index contributed by atoms with van der Waals surface area (Å²) >= 11 is 7.59. The number of hydrogen-bond acceptors (Lipinski definition) is 5. The Labute approximate surface area is 187 Å². The highest BCUT2D eigenvalue weighted by atomic mass is 35.5. The lowest BCUT2D eigenvalue weighted by Gasteiger charge is -2.17. The smallest absolute Gasteiger partial charge is 0.230 e. The Morgan fingerprint density at radius 2 is 2.07 bits per heavy atom. The molecule has 3 rings (SSSR count). The number of aromatic nitrogens is 3. The van der Waals surface area contributed by atoms with Crippen LogP contribution in [0.4, 0.5) is 0 Å². The monoisotopic (exact) mass is 448 g/mol. The fourth-order valence-corrected chi connectivity index (χ4v) is 4.56. The molecule has 1 fully saturated rings. The van der Waals surface area contributed by atoms with Gasteiger partial charge in [-0.15, -0.1) is 16.8 Å². The SMILES string of the molecule is C=CCn1c(SCC(=O)NC2CCCCCC2)nnc1[C@@H](C)Oc1ccccc1Cl. The molecule has 1 saturated carbocycles. The van der Waals surface area contributed by atoms with Gasteiger partial charge < -0.3 is 10.1 Å². The molecule has 1 aromatic heterocycles. The molecule has 6 nitrogen and oxygen atoms in total. The predicted molar refractivity (Wildman–Crippen MR) is 121 cm³/mol. The van der Waals surface area contributed by atoms with E-state index >= 15 is 0 Å². The molecule has 0 unspecified atom stereocenters. The van der Waals surface area contributed by atoms with E-state index in [-0.39, 0.29) is 12.0 Å². The van der Waals surface area contributed by atoms with E-state index in [1.807, 2.05) is 29.7 Å². The lowest BCUT2D eigenvalue weighted by atomic mass is 10.1. The molecule has 0 spiro atoms. The van der Waals surface area contributed by atoms with Gasteiger partial charge in [-0.25, -0.2) is 0 Å². The summed E-state index contributed by atoms with van der Waals surface area (Å²) < 4.78 is 7.92. The first-order valence-corrected chi connectivity index (χ1v) is 11.8. The molecule has 0 radical (unpaired) electrons. The Hall–Kier alpha value is -1.99. The summed E-state index contributed by atoms with van der Waals surface area (Å²) in [5.74, 6) is 1.62. The maximum Gasteiger partial charge on any atom is 0.230 e. The predicted octanol–water partition coefficient (Wildman–Crippen LogP) is 5.19. The first-order valence-electron chi connectivity index (χ1n) is 10.5. The average molecular weight is 449 g/mol. The number of ether oxygens (including phenoxy) is 1. The van der Waals surface area contributed by atoms with E-state index < -0.39 is 0 Å². The molecule has 8 heteroatoms. The number of carbonyl (C=O) groups is 1. The van der Waals surface area contributed by atoms with Crippen LogP contribution in [0.25, 0.3) is 0 Å². The van der Waals surface area contributed by atoms with Gasteiger partial charge in [0.2, 0.25) is 5.91 Å². The van der Waals surface area contributed by atoms with E-state index in [2.05, 4.69) is 22.1 Å². The van der Waals surface area contributed by atoms with Crippen LogP contribution in [-0.4, -0.2) is 32.5 Å². The van der Waals surface area contributed by atoms with Crippen molar-refractivity contribution in [1.29, 1.82) is 0 Å². The van der Waals surface area contributed by atoms with E-state index in [9.17, 15) is 4.79 Å². The molecule has 1 aromatic carbocycles. The number of nitrogens with one attached hydrogen (secondary N) is 1. The Morgan fingerprint density at radius 3 is 2.77 bits per heavy atom. The lowest BCUT2D eigenvalue weighted by molar-refractivity contribution is -0.119. The largest absolute Gasteiger partial charge is 0.481 e. The van der Waals surface area contributed by atoms with Gasteiger partial charge in [-0.3, -0.25) is 9.36 Å². The third-order valence-corrected chi connectivity index (χ3v) is 6.39. The minimum atomic E-state index is -0.355. The van der Waals surface area contributed by atoms with Crippen LogP contribution in [0.3, 0.4) is 0 Å². The Kier molecular flexibility index (Phi) is 8.63. The van der Waals surface area contributed by atoms with Crippen LogP contribution >= 0.6 is 23.4 Å². The second-order valence-electron chi connectivity index (χ2n) is 7.48. The number of amides is 1. The van der Waals surface area contributed by atoms with E-state index in [1.54, 1.807) is 12.1 Å². The highest BCUT2D eigenvalue weighted by Crippen LogP contribution is 2.29. The molecular formula is C22H29ClN4O2S. The zero-order chi connectivity index (χ0) is 21.3. The number of thioether (sulfide) groups is 1. The zero-order valence-corrected chi connectivity index (χ0v) is 18.9. The van der Waals surface area contributed by atoms with Gasteiger partial charge in [0, 0.05) is 12.6 Å². The molecule has 162 valence electrons. The number of halogens is 1. The molecule has 30 heavy (non-hydrogen) atoms. The molecule has 1 aliphatic rings. The second kappa shape index (κ2) is 11.4. The fraction of sp³-hybridized carbons (Fsp3) is 0.500. The maximum atomic E-state index is 12.4. The summed E-state index contributed by atoms with van der Waals surface area (Å²) in [5.41, 5.74) is 0. The molecule has 1 amide bonds. The number of carbonyl (C=O) groups excluding carboxylic acids is 1. The molecule has 1 heterocycles.